The molecule has 0 bridgehead atoms. The van der Waals surface area contributed by atoms with Gasteiger partial charge in [-0.05, 0) is 49.7 Å². The maximum Gasteiger partial charge on any atom is 0.291 e. The Kier molecular flexibility index (Phi) is 4.70. The third-order valence-corrected chi connectivity index (χ3v) is 5.42. The summed E-state index contributed by atoms with van der Waals surface area (Å²) in [5, 5.41) is 6.29. The zero-order valence-corrected chi connectivity index (χ0v) is 16.1. The highest BCUT2D eigenvalue weighted by molar-refractivity contribution is 7.18. The van der Waals surface area contributed by atoms with Crippen LogP contribution in [0.25, 0.3) is 11.0 Å². The molecular formula is C20H18N4O3S. The lowest BCUT2D eigenvalue weighted by molar-refractivity contribution is 0.0941. The third kappa shape index (κ3) is 3.54. The molecule has 4 rings (SSSR count). The van der Waals surface area contributed by atoms with Crippen LogP contribution in [0.4, 0.5) is 5.00 Å². The van der Waals surface area contributed by atoms with Crippen molar-refractivity contribution in [3.05, 3.63) is 70.8 Å². The molecule has 0 spiro atoms. The molecule has 0 radical (unpaired) electrons. The van der Waals surface area contributed by atoms with Crippen LogP contribution in [0.5, 0.6) is 0 Å². The Balaban J connectivity index is 1.47. The van der Waals surface area contributed by atoms with Gasteiger partial charge in [0.05, 0.1) is 33.2 Å². The van der Waals surface area contributed by atoms with Crippen LogP contribution in [-0.2, 0) is 0 Å². The zero-order chi connectivity index (χ0) is 19.7. The number of carbonyl (C=O) groups is 2. The van der Waals surface area contributed by atoms with Crippen LogP contribution in [0.15, 0.2) is 53.1 Å². The molecule has 8 heteroatoms. The van der Waals surface area contributed by atoms with E-state index in [-0.39, 0.29) is 23.6 Å². The van der Waals surface area contributed by atoms with Crippen molar-refractivity contribution in [2.24, 2.45) is 0 Å². The summed E-state index contributed by atoms with van der Waals surface area (Å²) in [5.74, 6) is 0.341. The maximum absolute atomic E-state index is 12.7. The summed E-state index contributed by atoms with van der Waals surface area (Å²) in [6, 6.07) is 12.4. The zero-order valence-electron chi connectivity index (χ0n) is 15.3. The number of rotatable bonds is 5. The summed E-state index contributed by atoms with van der Waals surface area (Å²) in [7, 11) is 0. The van der Waals surface area contributed by atoms with Gasteiger partial charge in [0, 0.05) is 0 Å². The molecule has 0 aliphatic rings. The molecule has 3 N–H and O–H groups in total. The highest BCUT2D eigenvalue weighted by atomic mass is 32.1. The number of nitrogens with zero attached hydrogens (tertiary/aromatic N) is 1. The second-order valence-corrected chi connectivity index (χ2v) is 7.44. The number of furan rings is 1. The molecule has 28 heavy (non-hydrogen) atoms. The van der Waals surface area contributed by atoms with Crippen molar-refractivity contribution < 1.29 is 14.0 Å². The fourth-order valence-corrected chi connectivity index (χ4v) is 3.83. The van der Waals surface area contributed by atoms with Crippen molar-refractivity contribution >= 4 is 39.2 Å². The number of para-hydroxylation sites is 2. The van der Waals surface area contributed by atoms with E-state index in [2.05, 4.69) is 20.6 Å². The summed E-state index contributed by atoms with van der Waals surface area (Å²) in [5.41, 5.74) is 2.57. The van der Waals surface area contributed by atoms with Crippen LogP contribution < -0.4 is 10.6 Å². The van der Waals surface area contributed by atoms with Crippen LogP contribution in [0, 0.1) is 6.92 Å². The monoisotopic (exact) mass is 394 g/mol. The predicted molar refractivity (Wildman–Crippen MR) is 108 cm³/mol. The molecule has 0 aliphatic carbocycles. The van der Waals surface area contributed by atoms with Gasteiger partial charge in [0.25, 0.3) is 11.8 Å². The van der Waals surface area contributed by atoms with E-state index in [1.807, 2.05) is 38.1 Å². The van der Waals surface area contributed by atoms with Crippen LogP contribution in [0.1, 0.15) is 44.6 Å². The Morgan fingerprint density at radius 3 is 2.75 bits per heavy atom. The van der Waals surface area contributed by atoms with E-state index in [0.717, 1.165) is 16.6 Å². The third-order valence-electron chi connectivity index (χ3n) is 4.27. The molecule has 0 fully saturated rings. The lowest BCUT2D eigenvalue weighted by Gasteiger charge is -2.10. The molecule has 1 aromatic carbocycles. The number of fused-ring (bicyclic) bond motifs is 1. The van der Waals surface area contributed by atoms with E-state index in [1.165, 1.54) is 17.6 Å². The normalized spacial score (nSPS) is 12.1. The number of benzene rings is 1. The number of hydrogen-bond donors (Lipinski definition) is 3. The lowest BCUT2D eigenvalue weighted by Crippen LogP contribution is -2.27. The summed E-state index contributed by atoms with van der Waals surface area (Å²) in [6.07, 6.45) is 1.44. The molecule has 3 heterocycles. The Bertz CT molecular complexity index is 1110. The van der Waals surface area contributed by atoms with E-state index in [0.29, 0.717) is 15.7 Å². The Morgan fingerprint density at radius 2 is 2.00 bits per heavy atom. The number of anilines is 1. The van der Waals surface area contributed by atoms with Gasteiger partial charge in [-0.1, -0.05) is 12.1 Å². The van der Waals surface area contributed by atoms with E-state index >= 15 is 0 Å². The Morgan fingerprint density at radius 1 is 1.18 bits per heavy atom. The van der Waals surface area contributed by atoms with Gasteiger partial charge in [-0.15, -0.1) is 11.3 Å². The first-order valence-electron chi connectivity index (χ1n) is 8.72. The summed E-state index contributed by atoms with van der Waals surface area (Å²) < 4.78 is 5.08. The van der Waals surface area contributed by atoms with Gasteiger partial charge in [-0.25, -0.2) is 4.98 Å². The minimum atomic E-state index is -0.353. The second kappa shape index (κ2) is 7.32. The highest BCUT2D eigenvalue weighted by Gasteiger charge is 2.19. The van der Waals surface area contributed by atoms with Gasteiger partial charge < -0.3 is 20.0 Å². The molecular weight excluding hydrogens is 376 g/mol. The molecule has 2 amide bonds. The van der Waals surface area contributed by atoms with E-state index in [4.69, 9.17) is 4.42 Å². The van der Waals surface area contributed by atoms with Gasteiger partial charge in [-0.2, -0.15) is 0 Å². The summed E-state index contributed by atoms with van der Waals surface area (Å²) >= 11 is 1.22. The molecule has 0 saturated carbocycles. The second-order valence-electron chi connectivity index (χ2n) is 6.39. The van der Waals surface area contributed by atoms with E-state index in [9.17, 15) is 9.59 Å². The topological polar surface area (TPSA) is 100 Å². The van der Waals surface area contributed by atoms with Gasteiger partial charge in [0.1, 0.15) is 5.82 Å². The van der Waals surface area contributed by atoms with Gasteiger partial charge in [0.2, 0.25) is 0 Å². The SMILES string of the molecule is Cc1cc(NC(=O)c2ccco2)sc1C(=O)N[C@H](C)c1nc2ccccc2[nH]1. The van der Waals surface area contributed by atoms with E-state index in [1.54, 1.807) is 18.2 Å². The number of carbonyl (C=O) groups excluding carboxylic acids is 2. The molecule has 0 unspecified atom stereocenters. The van der Waals surface area contributed by atoms with Crippen molar-refractivity contribution in [1.82, 2.24) is 15.3 Å². The first kappa shape index (κ1) is 18.0. The average molecular weight is 394 g/mol. The number of thiophene rings is 1. The van der Waals surface area contributed by atoms with Crippen molar-refractivity contribution in [3.63, 3.8) is 0 Å². The molecule has 0 aliphatic heterocycles. The number of aromatic amines is 1. The average Bonchev–Trinajstić information content (AvgIpc) is 3.40. The predicted octanol–water partition coefficient (Wildman–Crippen LogP) is 4.27. The van der Waals surface area contributed by atoms with Gasteiger partial charge in [-0.3, -0.25) is 9.59 Å². The molecule has 0 saturated heterocycles. The smallest absolute Gasteiger partial charge is 0.291 e. The largest absolute Gasteiger partial charge is 0.459 e. The number of imidazole rings is 1. The molecule has 7 nitrogen and oxygen atoms in total. The van der Waals surface area contributed by atoms with Crippen molar-refractivity contribution in [2.45, 2.75) is 19.9 Å². The number of aryl methyl sites for hydroxylation is 1. The number of hydrogen-bond acceptors (Lipinski definition) is 5. The van der Waals surface area contributed by atoms with Gasteiger partial charge in [0.15, 0.2) is 5.76 Å². The van der Waals surface area contributed by atoms with Gasteiger partial charge >= 0.3 is 0 Å². The first-order valence-corrected chi connectivity index (χ1v) is 9.53. The molecule has 3 aromatic heterocycles. The highest BCUT2D eigenvalue weighted by Crippen LogP contribution is 2.28. The van der Waals surface area contributed by atoms with Crippen molar-refractivity contribution in [2.75, 3.05) is 5.32 Å². The standard InChI is InChI=1S/C20H18N4O3S/c1-11-10-16(24-19(25)15-8-5-9-27-15)28-17(11)20(26)21-12(2)18-22-13-6-3-4-7-14(13)23-18/h3-10,12H,1-2H3,(H,21,26)(H,22,23)(H,24,25)/t12-/m1/s1. The molecule has 142 valence electrons. The van der Waals surface area contributed by atoms with Crippen molar-refractivity contribution in [1.29, 1.82) is 0 Å². The quantitative estimate of drug-likeness (QED) is 0.471. The number of aromatic nitrogens is 2. The number of amides is 2. The summed E-state index contributed by atoms with van der Waals surface area (Å²) in [4.78, 5) is 33.1. The van der Waals surface area contributed by atoms with E-state index < -0.39 is 0 Å². The molecule has 1 atom stereocenters. The molecule has 4 aromatic rings. The lowest BCUT2D eigenvalue weighted by atomic mass is 10.2. The number of H-pyrrole nitrogens is 1. The Hall–Kier alpha value is -3.39. The Labute approximate surface area is 164 Å². The summed E-state index contributed by atoms with van der Waals surface area (Å²) in [6.45, 7) is 3.71. The van der Waals surface area contributed by atoms with Crippen LogP contribution in [-0.4, -0.2) is 21.8 Å². The van der Waals surface area contributed by atoms with Crippen LogP contribution >= 0.6 is 11.3 Å². The van der Waals surface area contributed by atoms with Crippen molar-refractivity contribution in [3.8, 4) is 0 Å². The van der Waals surface area contributed by atoms with Crippen LogP contribution in [0.2, 0.25) is 0 Å². The fraction of sp³-hybridized carbons (Fsp3) is 0.150. The minimum Gasteiger partial charge on any atom is -0.459 e. The minimum absolute atomic E-state index is 0.214. The van der Waals surface area contributed by atoms with Crippen LogP contribution in [0.3, 0.4) is 0 Å². The number of nitrogens with one attached hydrogen (secondary N) is 3. The maximum atomic E-state index is 12.7. The fourth-order valence-electron chi connectivity index (χ4n) is 2.86. The first-order chi connectivity index (χ1) is 13.5.